The second-order valence-corrected chi connectivity index (χ2v) is 12.7. The molecule has 2 atom stereocenters. The van der Waals surface area contributed by atoms with Crippen LogP contribution in [0.5, 0.6) is 5.75 Å². The Morgan fingerprint density at radius 1 is 0.929 bits per heavy atom. The predicted octanol–water partition coefficient (Wildman–Crippen LogP) is 6.57. The van der Waals surface area contributed by atoms with Crippen LogP contribution in [0.25, 0.3) is 0 Å². The van der Waals surface area contributed by atoms with Crippen LogP contribution in [0.4, 0.5) is 5.69 Å². The first-order valence-corrected chi connectivity index (χ1v) is 15.9. The molecule has 2 unspecified atom stereocenters. The lowest BCUT2D eigenvalue weighted by Crippen LogP contribution is -2.53. The Bertz CT molecular complexity index is 1480. The topological polar surface area (TPSA) is 96.0 Å². The SMILES string of the molecule is CCC(C)NC(=O)C(CC)N(Cc1c(Cl)cccc1Cl)C(=O)CN(c1cccc(Cl)c1)S(=O)(=O)c1ccc(OC)cc1. The van der Waals surface area contributed by atoms with E-state index in [0.29, 0.717) is 27.8 Å². The normalized spacial score (nSPS) is 12.7. The fraction of sp³-hybridized carbons (Fsp3) is 0.333. The third-order valence-electron chi connectivity index (χ3n) is 6.80. The first-order valence-electron chi connectivity index (χ1n) is 13.4. The molecule has 12 heteroatoms. The Hall–Kier alpha value is -2.98. The molecule has 0 fully saturated rings. The van der Waals surface area contributed by atoms with Gasteiger partial charge in [-0.3, -0.25) is 13.9 Å². The van der Waals surface area contributed by atoms with Gasteiger partial charge in [-0.1, -0.05) is 60.8 Å². The number of methoxy groups -OCH3 is 1. The van der Waals surface area contributed by atoms with Gasteiger partial charge in [0.25, 0.3) is 10.0 Å². The van der Waals surface area contributed by atoms with Gasteiger partial charge in [0.05, 0.1) is 17.7 Å². The van der Waals surface area contributed by atoms with Crippen molar-refractivity contribution in [3.05, 3.63) is 87.4 Å². The minimum absolute atomic E-state index is 0.0571. The molecule has 0 aliphatic rings. The van der Waals surface area contributed by atoms with Gasteiger partial charge in [0.15, 0.2) is 0 Å². The van der Waals surface area contributed by atoms with Gasteiger partial charge in [0.2, 0.25) is 11.8 Å². The number of ether oxygens (including phenoxy) is 1. The van der Waals surface area contributed by atoms with Crippen molar-refractivity contribution in [3.63, 3.8) is 0 Å². The summed E-state index contributed by atoms with van der Waals surface area (Å²) in [6.07, 6.45) is 0.952. The first kappa shape index (κ1) is 33.5. The lowest BCUT2D eigenvalue weighted by Gasteiger charge is -2.34. The van der Waals surface area contributed by atoms with Crippen LogP contribution < -0.4 is 14.4 Å². The molecule has 0 saturated carbocycles. The van der Waals surface area contributed by atoms with Crippen LogP contribution in [0, 0.1) is 0 Å². The van der Waals surface area contributed by atoms with Crippen molar-refractivity contribution in [2.75, 3.05) is 18.0 Å². The number of halogens is 3. The summed E-state index contributed by atoms with van der Waals surface area (Å²) in [4.78, 5) is 28.8. The molecule has 0 saturated heterocycles. The average molecular weight is 655 g/mol. The number of nitrogens with zero attached hydrogens (tertiary/aromatic N) is 2. The quantitative estimate of drug-likeness (QED) is 0.225. The van der Waals surface area contributed by atoms with Crippen molar-refractivity contribution < 1.29 is 22.7 Å². The molecule has 8 nitrogen and oxygen atoms in total. The highest BCUT2D eigenvalue weighted by Crippen LogP contribution is 2.30. The molecule has 0 aliphatic heterocycles. The van der Waals surface area contributed by atoms with Crippen LogP contribution in [-0.4, -0.2) is 50.9 Å². The van der Waals surface area contributed by atoms with Gasteiger partial charge >= 0.3 is 0 Å². The van der Waals surface area contributed by atoms with Gasteiger partial charge < -0.3 is 15.0 Å². The largest absolute Gasteiger partial charge is 0.497 e. The number of hydrogen-bond acceptors (Lipinski definition) is 5. The van der Waals surface area contributed by atoms with Gasteiger partial charge in [0.1, 0.15) is 18.3 Å². The van der Waals surface area contributed by atoms with E-state index in [1.807, 2.05) is 13.8 Å². The Kier molecular flexibility index (Phi) is 11.9. The Balaban J connectivity index is 2.10. The van der Waals surface area contributed by atoms with Crippen LogP contribution in [0.1, 0.15) is 39.2 Å². The fourth-order valence-electron chi connectivity index (χ4n) is 4.25. The minimum Gasteiger partial charge on any atom is -0.497 e. The molecule has 0 spiro atoms. The maximum absolute atomic E-state index is 14.2. The van der Waals surface area contributed by atoms with E-state index in [4.69, 9.17) is 39.5 Å². The molecular weight excluding hydrogens is 621 g/mol. The lowest BCUT2D eigenvalue weighted by molar-refractivity contribution is -0.140. The molecule has 2 amide bonds. The summed E-state index contributed by atoms with van der Waals surface area (Å²) in [6, 6.07) is 15.9. The average Bonchev–Trinajstić information content (AvgIpc) is 2.96. The Morgan fingerprint density at radius 3 is 2.10 bits per heavy atom. The molecule has 0 heterocycles. The zero-order chi connectivity index (χ0) is 31.0. The minimum atomic E-state index is -4.27. The molecular formula is C30H34Cl3N3O5S. The highest BCUT2D eigenvalue weighted by atomic mass is 35.5. The zero-order valence-electron chi connectivity index (χ0n) is 23.8. The summed E-state index contributed by atoms with van der Waals surface area (Å²) in [6.45, 7) is 4.84. The van der Waals surface area contributed by atoms with Crippen LogP contribution in [-0.2, 0) is 26.2 Å². The third kappa shape index (κ3) is 8.10. The van der Waals surface area contributed by atoms with Crippen LogP contribution in [0.2, 0.25) is 15.1 Å². The van der Waals surface area contributed by atoms with Crippen LogP contribution in [0.3, 0.4) is 0 Å². The number of rotatable bonds is 13. The number of anilines is 1. The number of benzene rings is 3. The van der Waals surface area contributed by atoms with E-state index >= 15 is 0 Å². The number of hydrogen-bond donors (Lipinski definition) is 1. The summed E-state index contributed by atoms with van der Waals surface area (Å²) >= 11 is 19.1. The summed E-state index contributed by atoms with van der Waals surface area (Å²) in [5, 5.41) is 3.85. The molecule has 0 radical (unpaired) electrons. The van der Waals surface area contributed by atoms with Crippen LogP contribution >= 0.6 is 34.8 Å². The summed E-state index contributed by atoms with van der Waals surface area (Å²) < 4.78 is 34.1. The molecule has 226 valence electrons. The monoisotopic (exact) mass is 653 g/mol. The van der Waals surface area contributed by atoms with Crippen molar-refractivity contribution in [3.8, 4) is 5.75 Å². The first-order chi connectivity index (χ1) is 19.9. The van der Waals surface area contributed by atoms with E-state index in [0.717, 1.165) is 4.31 Å². The van der Waals surface area contributed by atoms with Gasteiger partial charge in [-0.2, -0.15) is 0 Å². The zero-order valence-corrected chi connectivity index (χ0v) is 26.9. The molecule has 3 aromatic rings. The van der Waals surface area contributed by atoms with E-state index in [2.05, 4.69) is 5.32 Å². The Morgan fingerprint density at radius 2 is 1.55 bits per heavy atom. The maximum atomic E-state index is 14.2. The molecule has 42 heavy (non-hydrogen) atoms. The van der Waals surface area contributed by atoms with E-state index in [1.54, 1.807) is 43.3 Å². The lowest BCUT2D eigenvalue weighted by atomic mass is 10.1. The smallest absolute Gasteiger partial charge is 0.264 e. The van der Waals surface area contributed by atoms with Crippen molar-refractivity contribution >= 4 is 62.3 Å². The van der Waals surface area contributed by atoms with Gasteiger partial charge in [-0.25, -0.2) is 8.42 Å². The second-order valence-electron chi connectivity index (χ2n) is 9.63. The van der Waals surface area contributed by atoms with Crippen molar-refractivity contribution in [2.45, 2.75) is 57.1 Å². The van der Waals surface area contributed by atoms with E-state index < -0.39 is 28.5 Å². The number of carbonyl (C=O) groups is 2. The van der Waals surface area contributed by atoms with Crippen molar-refractivity contribution in [2.24, 2.45) is 0 Å². The summed E-state index contributed by atoms with van der Waals surface area (Å²) in [7, 11) is -2.80. The standard InChI is InChI=1S/C30H34Cl3N3O5S/c1-5-20(3)34-30(38)28(6-2)35(18-25-26(32)11-8-12-27(25)33)29(37)19-36(22-10-7-9-21(31)17-22)42(39,40)24-15-13-23(41-4)14-16-24/h7-17,20,28H,5-6,18-19H2,1-4H3,(H,34,38). The highest BCUT2D eigenvalue weighted by Gasteiger charge is 2.34. The second kappa shape index (κ2) is 15.0. The number of nitrogens with one attached hydrogen (secondary N) is 1. The van der Waals surface area contributed by atoms with Gasteiger partial charge in [0, 0.05) is 33.2 Å². The third-order valence-corrected chi connectivity index (χ3v) is 9.53. The Labute approximate surface area is 262 Å². The molecule has 3 aromatic carbocycles. The molecule has 0 aliphatic carbocycles. The number of carbonyl (C=O) groups excluding carboxylic acids is 2. The molecule has 3 rings (SSSR count). The fourth-order valence-corrected chi connectivity index (χ4v) is 6.36. The van der Waals surface area contributed by atoms with E-state index in [-0.39, 0.29) is 40.5 Å². The predicted molar refractivity (Wildman–Crippen MR) is 168 cm³/mol. The van der Waals surface area contributed by atoms with Gasteiger partial charge in [-0.15, -0.1) is 0 Å². The van der Waals surface area contributed by atoms with E-state index in [9.17, 15) is 18.0 Å². The van der Waals surface area contributed by atoms with E-state index in [1.165, 1.54) is 42.3 Å². The van der Waals surface area contributed by atoms with Gasteiger partial charge in [-0.05, 0) is 74.4 Å². The molecule has 1 N–H and O–H groups in total. The molecule has 0 aromatic heterocycles. The maximum Gasteiger partial charge on any atom is 0.264 e. The highest BCUT2D eigenvalue weighted by molar-refractivity contribution is 7.92. The van der Waals surface area contributed by atoms with Crippen molar-refractivity contribution in [1.82, 2.24) is 10.2 Å². The van der Waals surface area contributed by atoms with Crippen LogP contribution in [0.15, 0.2) is 71.6 Å². The number of sulfonamides is 1. The number of amides is 2. The summed E-state index contributed by atoms with van der Waals surface area (Å²) in [5.41, 5.74) is 0.621. The van der Waals surface area contributed by atoms with Crippen molar-refractivity contribution in [1.29, 1.82) is 0 Å². The molecule has 0 bridgehead atoms. The summed E-state index contributed by atoms with van der Waals surface area (Å²) in [5.74, 6) is -0.523.